The molecule has 1 aliphatic heterocycles. The van der Waals surface area contributed by atoms with E-state index in [1.54, 1.807) is 12.1 Å². The first kappa shape index (κ1) is 11.4. The van der Waals surface area contributed by atoms with Gasteiger partial charge in [0.2, 0.25) is 0 Å². The molecule has 0 spiro atoms. The Kier molecular flexibility index (Phi) is 3.74. The van der Waals surface area contributed by atoms with Gasteiger partial charge in [-0.15, -0.1) is 0 Å². The fourth-order valence-electron chi connectivity index (χ4n) is 2.02. The number of halogens is 1. The number of hydrogen-bond donors (Lipinski definition) is 1. The van der Waals surface area contributed by atoms with Crippen LogP contribution in [0.5, 0.6) is 0 Å². The molecule has 0 radical (unpaired) electrons. The minimum atomic E-state index is -0.226. The number of hydrogen-bond acceptors (Lipinski definition) is 3. The molecular formula is C12H16FNO2. The molecule has 4 heteroatoms. The van der Waals surface area contributed by atoms with Gasteiger partial charge in [-0.1, -0.05) is 0 Å². The van der Waals surface area contributed by atoms with Crippen LogP contribution in [-0.2, 0) is 4.74 Å². The van der Waals surface area contributed by atoms with Crippen molar-refractivity contribution >= 4 is 5.69 Å². The predicted octanol–water partition coefficient (Wildman–Crippen LogP) is 1.41. The molecule has 0 saturated carbocycles. The first-order valence-electron chi connectivity index (χ1n) is 5.52. The van der Waals surface area contributed by atoms with Crippen LogP contribution in [0.1, 0.15) is 6.42 Å². The summed E-state index contributed by atoms with van der Waals surface area (Å²) >= 11 is 0. The average Bonchev–Trinajstić information content (AvgIpc) is 2.32. The largest absolute Gasteiger partial charge is 0.396 e. The zero-order chi connectivity index (χ0) is 11.4. The van der Waals surface area contributed by atoms with Crippen molar-refractivity contribution < 1.29 is 14.2 Å². The Morgan fingerprint density at radius 1 is 1.38 bits per heavy atom. The SMILES string of the molecule is OCCC1COCCN1c1ccc(F)cc1. The van der Waals surface area contributed by atoms with Crippen molar-refractivity contribution in [2.24, 2.45) is 0 Å². The molecule has 1 aromatic rings. The molecular weight excluding hydrogens is 209 g/mol. The van der Waals surface area contributed by atoms with Crippen LogP contribution in [0.15, 0.2) is 24.3 Å². The van der Waals surface area contributed by atoms with Crippen LogP contribution in [0, 0.1) is 5.82 Å². The second-order valence-electron chi connectivity index (χ2n) is 3.91. The van der Waals surface area contributed by atoms with Gasteiger partial charge in [-0.3, -0.25) is 0 Å². The van der Waals surface area contributed by atoms with E-state index in [0.717, 1.165) is 12.2 Å². The number of anilines is 1. The van der Waals surface area contributed by atoms with Gasteiger partial charge in [-0.05, 0) is 30.7 Å². The van der Waals surface area contributed by atoms with E-state index in [1.807, 2.05) is 0 Å². The predicted molar refractivity (Wildman–Crippen MR) is 60.1 cm³/mol. The van der Waals surface area contributed by atoms with Crippen LogP contribution >= 0.6 is 0 Å². The quantitative estimate of drug-likeness (QED) is 0.844. The minimum Gasteiger partial charge on any atom is -0.396 e. The molecule has 1 fully saturated rings. The molecule has 1 aromatic carbocycles. The molecule has 0 amide bonds. The van der Waals surface area contributed by atoms with E-state index in [9.17, 15) is 4.39 Å². The van der Waals surface area contributed by atoms with Gasteiger partial charge in [0.05, 0.1) is 19.3 Å². The molecule has 1 heterocycles. The van der Waals surface area contributed by atoms with E-state index in [0.29, 0.717) is 19.6 Å². The monoisotopic (exact) mass is 225 g/mol. The smallest absolute Gasteiger partial charge is 0.123 e. The van der Waals surface area contributed by atoms with E-state index in [1.165, 1.54) is 12.1 Å². The third kappa shape index (κ3) is 2.51. The highest BCUT2D eigenvalue weighted by atomic mass is 19.1. The van der Waals surface area contributed by atoms with Crippen LogP contribution < -0.4 is 4.90 Å². The van der Waals surface area contributed by atoms with Crippen LogP contribution in [0.4, 0.5) is 10.1 Å². The highest BCUT2D eigenvalue weighted by Crippen LogP contribution is 2.21. The summed E-state index contributed by atoms with van der Waals surface area (Å²) in [6.45, 7) is 2.24. The normalized spacial score (nSPS) is 21.1. The maximum Gasteiger partial charge on any atom is 0.123 e. The summed E-state index contributed by atoms with van der Waals surface area (Å²) in [6, 6.07) is 6.64. The summed E-state index contributed by atoms with van der Waals surface area (Å²) < 4.78 is 18.2. The third-order valence-corrected chi connectivity index (χ3v) is 2.85. The molecule has 2 rings (SSSR count). The lowest BCUT2D eigenvalue weighted by molar-refractivity contribution is 0.0850. The summed E-state index contributed by atoms with van der Waals surface area (Å²) in [5.41, 5.74) is 0.989. The Hall–Kier alpha value is -1.13. The van der Waals surface area contributed by atoms with Gasteiger partial charge in [-0.25, -0.2) is 4.39 Å². The molecule has 1 N–H and O–H groups in total. The molecule has 1 aliphatic rings. The van der Waals surface area contributed by atoms with Crippen molar-refractivity contribution in [1.82, 2.24) is 0 Å². The first-order valence-corrected chi connectivity index (χ1v) is 5.52. The van der Waals surface area contributed by atoms with Crippen molar-refractivity contribution in [2.75, 3.05) is 31.3 Å². The summed E-state index contributed by atoms with van der Waals surface area (Å²) in [5.74, 6) is -0.226. The molecule has 3 nitrogen and oxygen atoms in total. The van der Waals surface area contributed by atoms with E-state index in [-0.39, 0.29) is 18.5 Å². The maximum atomic E-state index is 12.8. The maximum absolute atomic E-state index is 12.8. The highest BCUT2D eigenvalue weighted by Gasteiger charge is 2.22. The average molecular weight is 225 g/mol. The first-order chi connectivity index (χ1) is 7.81. The summed E-state index contributed by atoms with van der Waals surface area (Å²) in [5, 5.41) is 8.99. The fourth-order valence-corrected chi connectivity index (χ4v) is 2.02. The van der Waals surface area contributed by atoms with Crippen LogP contribution in [0.25, 0.3) is 0 Å². The fraction of sp³-hybridized carbons (Fsp3) is 0.500. The van der Waals surface area contributed by atoms with Gasteiger partial charge in [0, 0.05) is 18.8 Å². The van der Waals surface area contributed by atoms with Crippen LogP contribution in [0.2, 0.25) is 0 Å². The lowest BCUT2D eigenvalue weighted by Gasteiger charge is -2.37. The second-order valence-corrected chi connectivity index (χ2v) is 3.91. The van der Waals surface area contributed by atoms with Crippen LogP contribution in [0.3, 0.4) is 0 Å². The molecule has 1 unspecified atom stereocenters. The minimum absolute atomic E-state index is 0.145. The summed E-state index contributed by atoms with van der Waals surface area (Å²) in [6.07, 6.45) is 0.678. The topological polar surface area (TPSA) is 32.7 Å². The number of aliphatic hydroxyl groups excluding tert-OH is 1. The van der Waals surface area contributed by atoms with Crippen LogP contribution in [-0.4, -0.2) is 37.5 Å². The Morgan fingerprint density at radius 2 is 2.12 bits per heavy atom. The Balaban J connectivity index is 2.13. The molecule has 0 aliphatic carbocycles. The lowest BCUT2D eigenvalue weighted by atomic mass is 10.1. The number of nitrogens with zero attached hydrogens (tertiary/aromatic N) is 1. The second kappa shape index (κ2) is 5.27. The van der Waals surface area contributed by atoms with Gasteiger partial charge in [-0.2, -0.15) is 0 Å². The molecule has 88 valence electrons. The lowest BCUT2D eigenvalue weighted by Crippen LogP contribution is -2.46. The zero-order valence-corrected chi connectivity index (χ0v) is 9.10. The Morgan fingerprint density at radius 3 is 2.81 bits per heavy atom. The molecule has 0 bridgehead atoms. The molecule has 1 saturated heterocycles. The van der Waals surface area contributed by atoms with Gasteiger partial charge in [0.15, 0.2) is 0 Å². The van der Waals surface area contributed by atoms with Gasteiger partial charge in [0.25, 0.3) is 0 Å². The number of aliphatic hydroxyl groups is 1. The summed E-state index contributed by atoms with van der Waals surface area (Å²) in [4.78, 5) is 2.17. The van der Waals surface area contributed by atoms with Crippen molar-refractivity contribution in [1.29, 1.82) is 0 Å². The van der Waals surface area contributed by atoms with Gasteiger partial charge in [0.1, 0.15) is 5.82 Å². The number of rotatable bonds is 3. The molecule has 0 aromatic heterocycles. The summed E-state index contributed by atoms with van der Waals surface area (Å²) in [7, 11) is 0. The van der Waals surface area contributed by atoms with Crippen molar-refractivity contribution in [3.8, 4) is 0 Å². The van der Waals surface area contributed by atoms with Crippen molar-refractivity contribution in [2.45, 2.75) is 12.5 Å². The third-order valence-electron chi connectivity index (χ3n) is 2.85. The van der Waals surface area contributed by atoms with Crippen molar-refractivity contribution in [3.63, 3.8) is 0 Å². The van der Waals surface area contributed by atoms with E-state index in [2.05, 4.69) is 4.90 Å². The Bertz CT molecular complexity index is 326. The van der Waals surface area contributed by atoms with Gasteiger partial charge < -0.3 is 14.7 Å². The number of benzene rings is 1. The van der Waals surface area contributed by atoms with Gasteiger partial charge >= 0.3 is 0 Å². The zero-order valence-electron chi connectivity index (χ0n) is 9.10. The standard InChI is InChI=1S/C12H16FNO2/c13-10-1-3-11(4-2-10)14-6-8-16-9-12(14)5-7-15/h1-4,12,15H,5-9H2. The number of ether oxygens (including phenoxy) is 1. The molecule has 1 atom stereocenters. The Labute approximate surface area is 94.4 Å². The van der Waals surface area contributed by atoms with E-state index < -0.39 is 0 Å². The van der Waals surface area contributed by atoms with E-state index in [4.69, 9.17) is 9.84 Å². The van der Waals surface area contributed by atoms with E-state index >= 15 is 0 Å². The molecule has 16 heavy (non-hydrogen) atoms. The highest BCUT2D eigenvalue weighted by molar-refractivity contribution is 5.47. The number of morpholine rings is 1. The van der Waals surface area contributed by atoms with Crippen molar-refractivity contribution in [3.05, 3.63) is 30.1 Å².